The topological polar surface area (TPSA) is 50.2 Å². The summed E-state index contributed by atoms with van der Waals surface area (Å²) < 4.78 is 1.82. The predicted molar refractivity (Wildman–Crippen MR) is 97.5 cm³/mol. The Kier molecular flexibility index (Phi) is 6.27. The summed E-state index contributed by atoms with van der Waals surface area (Å²) in [5.74, 6) is 0.0858. The second kappa shape index (κ2) is 8.01. The molecule has 1 aliphatic heterocycles. The Morgan fingerprint density at radius 3 is 2.67 bits per heavy atom. The van der Waals surface area contributed by atoms with Crippen LogP contribution >= 0.6 is 24.0 Å². The number of rotatable bonds is 4. The molecular formula is C17H22Cl2N4O. The van der Waals surface area contributed by atoms with Crippen molar-refractivity contribution in [2.24, 2.45) is 0 Å². The molecule has 0 spiro atoms. The van der Waals surface area contributed by atoms with Crippen molar-refractivity contribution in [2.75, 3.05) is 20.1 Å². The van der Waals surface area contributed by atoms with E-state index in [9.17, 15) is 4.79 Å². The first kappa shape index (κ1) is 18.8. The quantitative estimate of drug-likeness (QED) is 0.902. The number of nitrogens with zero attached hydrogens (tertiary/aromatic N) is 3. The molecule has 1 aromatic heterocycles. The fourth-order valence-electron chi connectivity index (χ4n) is 3.21. The first-order valence-corrected chi connectivity index (χ1v) is 8.21. The number of carbonyl (C=O) groups excluding carboxylic acids is 1. The first-order chi connectivity index (χ1) is 11.1. The Labute approximate surface area is 153 Å². The van der Waals surface area contributed by atoms with E-state index >= 15 is 0 Å². The summed E-state index contributed by atoms with van der Waals surface area (Å²) in [5.41, 5.74) is 0.347. The van der Waals surface area contributed by atoms with Crippen LogP contribution in [0.1, 0.15) is 18.4 Å². The third kappa shape index (κ3) is 3.58. The van der Waals surface area contributed by atoms with E-state index in [0.717, 1.165) is 31.5 Å². The van der Waals surface area contributed by atoms with E-state index in [4.69, 9.17) is 11.6 Å². The van der Waals surface area contributed by atoms with Gasteiger partial charge in [-0.3, -0.25) is 9.48 Å². The van der Waals surface area contributed by atoms with Gasteiger partial charge in [0.1, 0.15) is 5.54 Å². The van der Waals surface area contributed by atoms with Crippen LogP contribution in [0.5, 0.6) is 0 Å². The van der Waals surface area contributed by atoms with Crippen LogP contribution in [-0.2, 0) is 16.9 Å². The van der Waals surface area contributed by atoms with Crippen molar-refractivity contribution in [3.05, 3.63) is 53.3 Å². The van der Waals surface area contributed by atoms with Gasteiger partial charge in [-0.05, 0) is 43.6 Å². The van der Waals surface area contributed by atoms with Crippen LogP contribution in [0, 0.1) is 0 Å². The van der Waals surface area contributed by atoms with Gasteiger partial charge in [-0.15, -0.1) is 12.4 Å². The summed E-state index contributed by atoms with van der Waals surface area (Å²) in [6, 6.07) is 9.50. The molecule has 0 radical (unpaired) electrons. The number of hydrogen-bond acceptors (Lipinski definition) is 3. The fourth-order valence-corrected chi connectivity index (χ4v) is 3.41. The number of carbonyl (C=O) groups is 1. The highest BCUT2D eigenvalue weighted by Crippen LogP contribution is 2.30. The van der Waals surface area contributed by atoms with Gasteiger partial charge in [0.2, 0.25) is 0 Å². The standard InChI is InChI=1S/C17H21ClN4O.ClH/c1-21(13-14-5-2-3-6-15(14)18)16(23)17(7-10-19-11-8-17)22-12-4-9-20-22;/h2-6,9,12,19H,7-8,10-11,13H2,1H3;1H. The minimum absolute atomic E-state index is 0. The third-order valence-electron chi connectivity index (χ3n) is 4.48. The van der Waals surface area contributed by atoms with Gasteiger partial charge in [-0.25, -0.2) is 0 Å². The molecule has 1 aliphatic rings. The van der Waals surface area contributed by atoms with Crippen LogP contribution in [0.25, 0.3) is 0 Å². The second-order valence-electron chi connectivity index (χ2n) is 5.98. The molecule has 2 aromatic rings. The van der Waals surface area contributed by atoms with Crippen molar-refractivity contribution < 1.29 is 4.79 Å². The lowest BCUT2D eigenvalue weighted by atomic mass is 9.86. The highest BCUT2D eigenvalue weighted by atomic mass is 35.5. The summed E-state index contributed by atoms with van der Waals surface area (Å²) in [5, 5.41) is 8.36. The molecule has 130 valence electrons. The summed E-state index contributed by atoms with van der Waals surface area (Å²) in [7, 11) is 1.83. The number of hydrogen-bond donors (Lipinski definition) is 1. The van der Waals surface area contributed by atoms with E-state index in [2.05, 4.69) is 10.4 Å². The Hall–Kier alpha value is -1.56. The van der Waals surface area contributed by atoms with E-state index in [-0.39, 0.29) is 18.3 Å². The van der Waals surface area contributed by atoms with Gasteiger partial charge >= 0.3 is 0 Å². The molecule has 0 unspecified atom stereocenters. The molecule has 1 N–H and O–H groups in total. The van der Waals surface area contributed by atoms with E-state index in [0.29, 0.717) is 11.6 Å². The number of halogens is 2. The van der Waals surface area contributed by atoms with Crippen LogP contribution in [0.15, 0.2) is 42.7 Å². The third-order valence-corrected chi connectivity index (χ3v) is 4.85. The van der Waals surface area contributed by atoms with Crippen molar-refractivity contribution >= 4 is 29.9 Å². The number of benzene rings is 1. The zero-order chi connectivity index (χ0) is 16.3. The highest BCUT2D eigenvalue weighted by Gasteiger charge is 2.43. The SMILES string of the molecule is CN(Cc1ccccc1Cl)C(=O)C1(n2cccn2)CCNCC1.Cl. The van der Waals surface area contributed by atoms with Gasteiger partial charge < -0.3 is 10.2 Å². The molecule has 0 bridgehead atoms. The molecule has 0 aliphatic carbocycles. The maximum Gasteiger partial charge on any atom is 0.250 e. The zero-order valence-corrected chi connectivity index (χ0v) is 15.2. The van der Waals surface area contributed by atoms with Crippen molar-refractivity contribution in [3.8, 4) is 0 Å². The molecule has 24 heavy (non-hydrogen) atoms. The second-order valence-corrected chi connectivity index (χ2v) is 6.39. The lowest BCUT2D eigenvalue weighted by molar-refractivity contribution is -0.142. The van der Waals surface area contributed by atoms with Crippen LogP contribution in [-0.4, -0.2) is 40.7 Å². The maximum atomic E-state index is 13.2. The van der Waals surface area contributed by atoms with Crippen LogP contribution in [0.2, 0.25) is 5.02 Å². The average molecular weight is 369 g/mol. The Bertz CT molecular complexity index is 669. The molecule has 1 saturated heterocycles. The van der Waals surface area contributed by atoms with Crippen LogP contribution in [0.3, 0.4) is 0 Å². The molecule has 2 heterocycles. The zero-order valence-electron chi connectivity index (χ0n) is 13.6. The van der Waals surface area contributed by atoms with Crippen molar-refractivity contribution in [2.45, 2.75) is 24.9 Å². The molecule has 1 aromatic carbocycles. The van der Waals surface area contributed by atoms with Gasteiger partial charge in [-0.2, -0.15) is 5.10 Å². The number of likely N-dealkylation sites (N-methyl/N-ethyl adjacent to an activating group) is 1. The van der Waals surface area contributed by atoms with Gasteiger partial charge in [-0.1, -0.05) is 29.8 Å². The van der Waals surface area contributed by atoms with Crippen molar-refractivity contribution in [1.82, 2.24) is 20.0 Å². The molecule has 5 nitrogen and oxygen atoms in total. The Morgan fingerprint density at radius 2 is 2.04 bits per heavy atom. The van der Waals surface area contributed by atoms with Crippen molar-refractivity contribution in [3.63, 3.8) is 0 Å². The monoisotopic (exact) mass is 368 g/mol. The summed E-state index contributed by atoms with van der Waals surface area (Å²) in [4.78, 5) is 15.0. The smallest absolute Gasteiger partial charge is 0.250 e. The average Bonchev–Trinajstić information content (AvgIpc) is 3.12. The van der Waals surface area contributed by atoms with Crippen LogP contribution < -0.4 is 5.32 Å². The largest absolute Gasteiger partial charge is 0.339 e. The van der Waals surface area contributed by atoms with Gasteiger partial charge in [0, 0.05) is 31.0 Å². The number of amides is 1. The highest BCUT2D eigenvalue weighted by molar-refractivity contribution is 6.31. The molecular weight excluding hydrogens is 347 g/mol. The summed E-state index contributed by atoms with van der Waals surface area (Å²) >= 11 is 6.23. The Balaban J connectivity index is 0.00000208. The molecule has 0 saturated carbocycles. The van der Waals surface area contributed by atoms with E-state index in [1.54, 1.807) is 11.1 Å². The number of piperidine rings is 1. The lowest BCUT2D eigenvalue weighted by Gasteiger charge is -2.39. The number of nitrogens with one attached hydrogen (secondary N) is 1. The lowest BCUT2D eigenvalue weighted by Crippen LogP contribution is -2.54. The van der Waals surface area contributed by atoms with Gasteiger partial charge in [0.05, 0.1) is 0 Å². The van der Waals surface area contributed by atoms with Crippen LogP contribution in [0.4, 0.5) is 0 Å². The van der Waals surface area contributed by atoms with E-state index in [1.165, 1.54) is 0 Å². The summed E-state index contributed by atoms with van der Waals surface area (Å²) in [6.07, 6.45) is 5.08. The maximum absolute atomic E-state index is 13.2. The fraction of sp³-hybridized carbons (Fsp3) is 0.412. The van der Waals surface area contributed by atoms with E-state index < -0.39 is 5.54 Å². The van der Waals surface area contributed by atoms with Gasteiger partial charge in [0.15, 0.2) is 0 Å². The van der Waals surface area contributed by atoms with E-state index in [1.807, 2.05) is 48.3 Å². The minimum Gasteiger partial charge on any atom is -0.339 e. The molecule has 1 fully saturated rings. The molecule has 7 heteroatoms. The minimum atomic E-state index is -0.606. The van der Waals surface area contributed by atoms with Gasteiger partial charge in [0.25, 0.3) is 5.91 Å². The molecule has 1 amide bonds. The number of aromatic nitrogens is 2. The predicted octanol–water partition coefficient (Wildman–Crippen LogP) is 2.70. The van der Waals surface area contributed by atoms with Crippen molar-refractivity contribution in [1.29, 1.82) is 0 Å². The normalized spacial score (nSPS) is 16.2. The Morgan fingerprint density at radius 1 is 1.33 bits per heavy atom. The molecule has 0 atom stereocenters. The molecule has 3 rings (SSSR count). The summed E-state index contributed by atoms with van der Waals surface area (Å²) in [6.45, 7) is 2.12. The first-order valence-electron chi connectivity index (χ1n) is 7.83.